The van der Waals surface area contributed by atoms with Gasteiger partial charge in [-0.25, -0.2) is 0 Å². The Kier molecular flexibility index (Phi) is 61.7. The molecule has 0 aliphatic heterocycles. The van der Waals surface area contributed by atoms with Crippen LogP contribution in [0.3, 0.4) is 0 Å². The first-order valence-electron chi connectivity index (χ1n) is 35.3. The van der Waals surface area contributed by atoms with Crippen LogP contribution in [-0.4, -0.2) is 69.4 Å². The molecule has 0 saturated carbocycles. The summed E-state index contributed by atoms with van der Waals surface area (Å²) in [7, 11) is 1.16. The molecule has 0 heterocycles. The van der Waals surface area contributed by atoms with Crippen molar-refractivity contribution >= 4 is 19.7 Å². The predicted molar refractivity (Wildman–Crippen MR) is 371 cm³/mol. The molecule has 0 aromatic heterocycles. The summed E-state index contributed by atoms with van der Waals surface area (Å²) in [6.07, 6.45) is 90.3. The number of rotatable bonds is 63. The van der Waals surface area contributed by atoms with Crippen molar-refractivity contribution in [2.24, 2.45) is 0 Å². The van der Waals surface area contributed by atoms with Gasteiger partial charge in [0.1, 0.15) is 19.3 Å². The third-order valence-corrected chi connectivity index (χ3v) is 16.1. The number of phosphoric acid groups is 1. The summed E-state index contributed by atoms with van der Waals surface area (Å²) < 4.78 is 30.4. The molecule has 0 aliphatic rings. The minimum atomic E-state index is -4.72. The molecule has 3 unspecified atom stereocenters. The predicted octanol–water partition coefficient (Wildman–Crippen LogP) is 22.0. The Morgan fingerprint density at radius 1 is 0.419 bits per heavy atom. The molecule has 0 aliphatic carbocycles. The van der Waals surface area contributed by atoms with Crippen molar-refractivity contribution in [3.8, 4) is 0 Å². The SMILES string of the molecule is CC/C=C\C/C=C\C/C=C\C/C=C\C/C=C\C/C=C\CCCCCCCCC(=O)OC(/C=C/CCCCCCCCCCCC)C(COP(=O)([O-])OCC[N+](C)(C)C)NC(=O)CCCCCCCCCCCC/C=C\C/C=C\C/C=C\CCCCC. The number of esters is 1. The maximum absolute atomic E-state index is 13.6. The van der Waals surface area contributed by atoms with E-state index in [1.165, 1.54) is 116 Å². The van der Waals surface area contributed by atoms with Crippen LogP contribution in [-0.2, 0) is 27.9 Å². The molecule has 494 valence electrons. The second-order valence-corrected chi connectivity index (χ2v) is 26.1. The van der Waals surface area contributed by atoms with Crippen LogP contribution in [0.5, 0.6) is 0 Å². The van der Waals surface area contributed by atoms with E-state index in [2.05, 4.69) is 135 Å². The molecule has 0 rings (SSSR count). The third kappa shape index (κ3) is 64.9. The average molecular weight is 1220 g/mol. The Bertz CT molecular complexity index is 1890. The van der Waals surface area contributed by atoms with Gasteiger partial charge < -0.3 is 28.5 Å². The zero-order chi connectivity index (χ0) is 62.8. The first kappa shape index (κ1) is 82.4. The van der Waals surface area contributed by atoms with E-state index < -0.39 is 26.6 Å². The number of likely N-dealkylation sites (N-methyl/N-ethyl adjacent to an activating group) is 1. The van der Waals surface area contributed by atoms with Crippen LogP contribution < -0.4 is 10.2 Å². The van der Waals surface area contributed by atoms with E-state index in [1.54, 1.807) is 0 Å². The van der Waals surface area contributed by atoms with Gasteiger partial charge in [-0.1, -0.05) is 284 Å². The molecule has 86 heavy (non-hydrogen) atoms. The Hall–Kier alpha value is -3.59. The van der Waals surface area contributed by atoms with E-state index in [0.717, 1.165) is 141 Å². The largest absolute Gasteiger partial charge is 0.756 e. The van der Waals surface area contributed by atoms with Crippen molar-refractivity contribution < 1.29 is 37.3 Å². The summed E-state index contributed by atoms with van der Waals surface area (Å²) in [6.45, 7) is 6.70. The molecule has 0 aromatic rings. The molecule has 0 saturated heterocycles. The van der Waals surface area contributed by atoms with Gasteiger partial charge in [-0.05, 0) is 122 Å². The van der Waals surface area contributed by atoms with Gasteiger partial charge in [0.25, 0.3) is 7.82 Å². The Morgan fingerprint density at radius 2 is 0.744 bits per heavy atom. The van der Waals surface area contributed by atoms with Crippen molar-refractivity contribution in [2.45, 2.75) is 309 Å². The van der Waals surface area contributed by atoms with E-state index in [1.807, 2.05) is 33.3 Å². The number of ether oxygens (including phenoxy) is 1. The van der Waals surface area contributed by atoms with E-state index in [4.69, 9.17) is 13.8 Å². The standard InChI is InChI=1S/C76H133N2O7P/c1-7-10-13-16-19-22-25-28-30-32-34-36-38-39-41-43-45-47-49-51-54-57-60-63-66-69-76(80)85-74(67-64-61-58-55-52-27-24-21-18-15-12-9-3)73(72-84-86(81,82)83-71-70-78(4,5)6)77-75(79)68-65-62-59-56-53-50-48-46-44-42-40-37-35-33-31-29-26-23-20-17-14-11-8-2/h10,13,19-20,22-23,28-31,34-37,39,41,45,47,64,67,73-74H,7-9,11-12,14-18,21,24-27,32-33,38,40,42-44,46,48-63,65-66,68-72H2,1-6H3,(H-,77,79,81,82)/b13-10-,22-19-,23-20-,30-28-,31-29-,36-34-,37-35-,41-39-,47-45-,67-64+. The fourth-order valence-corrected chi connectivity index (χ4v) is 10.4. The first-order chi connectivity index (χ1) is 41.9. The number of unbranched alkanes of at least 4 members (excludes halogenated alkanes) is 29. The van der Waals surface area contributed by atoms with Gasteiger partial charge in [-0.15, -0.1) is 0 Å². The van der Waals surface area contributed by atoms with E-state index in [0.29, 0.717) is 23.9 Å². The number of nitrogens with zero attached hydrogens (tertiary/aromatic N) is 1. The maximum atomic E-state index is 13.6. The van der Waals surface area contributed by atoms with E-state index >= 15 is 0 Å². The summed E-state index contributed by atoms with van der Waals surface area (Å²) >= 11 is 0. The fourth-order valence-electron chi connectivity index (χ4n) is 9.71. The van der Waals surface area contributed by atoms with Gasteiger partial charge in [-0.2, -0.15) is 0 Å². The summed E-state index contributed by atoms with van der Waals surface area (Å²) in [5, 5.41) is 3.04. The number of nitrogens with one attached hydrogen (secondary N) is 1. The number of amides is 1. The summed E-state index contributed by atoms with van der Waals surface area (Å²) in [6, 6.07) is -0.906. The first-order valence-corrected chi connectivity index (χ1v) is 36.8. The number of hydrogen-bond acceptors (Lipinski definition) is 7. The van der Waals surface area contributed by atoms with Crippen LogP contribution in [0.15, 0.2) is 122 Å². The summed E-state index contributed by atoms with van der Waals surface area (Å²) in [4.78, 5) is 40.2. The van der Waals surface area contributed by atoms with Crippen LogP contribution in [0.1, 0.15) is 297 Å². The van der Waals surface area contributed by atoms with Crippen molar-refractivity contribution in [2.75, 3.05) is 40.9 Å². The molecular weight excluding hydrogens is 1080 g/mol. The van der Waals surface area contributed by atoms with Gasteiger partial charge in [0, 0.05) is 12.8 Å². The number of carbonyl (C=O) groups excluding carboxylic acids is 2. The smallest absolute Gasteiger partial charge is 0.306 e. The highest BCUT2D eigenvalue weighted by molar-refractivity contribution is 7.45. The zero-order valence-electron chi connectivity index (χ0n) is 56.5. The molecule has 9 nitrogen and oxygen atoms in total. The van der Waals surface area contributed by atoms with Gasteiger partial charge in [0.2, 0.25) is 5.91 Å². The molecule has 10 heteroatoms. The highest BCUT2D eigenvalue weighted by Crippen LogP contribution is 2.38. The number of allylic oxidation sites excluding steroid dienone is 19. The lowest BCUT2D eigenvalue weighted by Crippen LogP contribution is -2.47. The van der Waals surface area contributed by atoms with Gasteiger partial charge in [-0.3, -0.25) is 14.2 Å². The minimum absolute atomic E-state index is 0.0315. The van der Waals surface area contributed by atoms with Crippen LogP contribution in [0.25, 0.3) is 0 Å². The third-order valence-electron chi connectivity index (χ3n) is 15.1. The van der Waals surface area contributed by atoms with Crippen LogP contribution in [0.2, 0.25) is 0 Å². The highest BCUT2D eigenvalue weighted by atomic mass is 31.2. The quantitative estimate of drug-likeness (QED) is 0.0212. The van der Waals surface area contributed by atoms with Gasteiger partial charge >= 0.3 is 5.97 Å². The lowest BCUT2D eigenvalue weighted by atomic mass is 10.0. The molecule has 1 amide bonds. The average Bonchev–Trinajstić information content (AvgIpc) is 3.65. The van der Waals surface area contributed by atoms with Crippen LogP contribution >= 0.6 is 7.82 Å². The normalized spacial score (nSPS) is 14.3. The summed E-state index contributed by atoms with van der Waals surface area (Å²) in [5.41, 5.74) is 0. The summed E-state index contributed by atoms with van der Waals surface area (Å²) in [5.74, 6) is -0.564. The Labute approximate surface area is 531 Å². The number of hydrogen-bond donors (Lipinski definition) is 1. The topological polar surface area (TPSA) is 114 Å². The van der Waals surface area contributed by atoms with E-state index in [9.17, 15) is 19.0 Å². The van der Waals surface area contributed by atoms with Gasteiger partial charge in [0.05, 0.1) is 33.8 Å². The number of phosphoric ester groups is 1. The molecule has 3 atom stereocenters. The molecule has 1 N–H and O–H groups in total. The lowest BCUT2D eigenvalue weighted by Gasteiger charge is -2.30. The number of quaternary nitrogens is 1. The molecule has 0 spiro atoms. The highest BCUT2D eigenvalue weighted by Gasteiger charge is 2.27. The maximum Gasteiger partial charge on any atom is 0.306 e. The zero-order valence-corrected chi connectivity index (χ0v) is 57.4. The Morgan fingerprint density at radius 3 is 1.14 bits per heavy atom. The molecule has 0 fully saturated rings. The van der Waals surface area contributed by atoms with Crippen molar-refractivity contribution in [1.82, 2.24) is 5.32 Å². The second kappa shape index (κ2) is 64.4. The molecule has 0 bridgehead atoms. The van der Waals surface area contributed by atoms with Gasteiger partial charge in [0.15, 0.2) is 0 Å². The van der Waals surface area contributed by atoms with Crippen molar-refractivity contribution in [1.29, 1.82) is 0 Å². The second-order valence-electron chi connectivity index (χ2n) is 24.6. The molecule has 0 aromatic carbocycles. The Balaban J connectivity index is 5.14. The van der Waals surface area contributed by atoms with Crippen molar-refractivity contribution in [3.63, 3.8) is 0 Å². The molecular formula is C76H133N2O7P. The van der Waals surface area contributed by atoms with Crippen molar-refractivity contribution in [3.05, 3.63) is 122 Å². The number of carbonyl (C=O) groups is 2. The monoisotopic (exact) mass is 1220 g/mol. The lowest BCUT2D eigenvalue weighted by molar-refractivity contribution is -0.870. The fraction of sp³-hybridized carbons (Fsp3) is 0.711. The van der Waals surface area contributed by atoms with Crippen LogP contribution in [0, 0.1) is 0 Å². The minimum Gasteiger partial charge on any atom is -0.756 e. The van der Waals surface area contributed by atoms with E-state index in [-0.39, 0.29) is 24.9 Å². The van der Waals surface area contributed by atoms with Crippen LogP contribution in [0.4, 0.5) is 0 Å². The molecule has 0 radical (unpaired) electrons.